The van der Waals surface area contributed by atoms with Crippen LogP contribution in [0.4, 0.5) is 0 Å². The summed E-state index contributed by atoms with van der Waals surface area (Å²) in [4.78, 5) is 37.9. The second-order valence-electron chi connectivity index (χ2n) is 10.1. The molecule has 212 valence electrons. The monoisotopic (exact) mass is 562 g/mol. The van der Waals surface area contributed by atoms with Gasteiger partial charge >= 0.3 is 0 Å². The lowest BCUT2D eigenvalue weighted by Gasteiger charge is -2.35. The van der Waals surface area contributed by atoms with Gasteiger partial charge in [0.1, 0.15) is 0 Å². The van der Waals surface area contributed by atoms with E-state index in [4.69, 9.17) is 0 Å². The molecule has 3 amide bonds. The minimum absolute atomic E-state index is 0. The highest BCUT2D eigenvalue weighted by atomic mass is 35.5. The van der Waals surface area contributed by atoms with E-state index in [9.17, 15) is 14.4 Å². The Morgan fingerprint density at radius 1 is 0.725 bits per heavy atom. The van der Waals surface area contributed by atoms with Crippen LogP contribution >= 0.6 is 12.4 Å². The van der Waals surface area contributed by atoms with Crippen molar-refractivity contribution in [2.75, 3.05) is 32.7 Å². The van der Waals surface area contributed by atoms with Crippen LogP contribution in [0.1, 0.15) is 42.4 Å². The molecule has 40 heavy (non-hydrogen) atoms. The standard InChI is InChI=1S/C32H38N4O3.ClH/c37-29(35-23-25-11-10-19-33-22-25)18-20-34-31(39)24-36-30(38)21-32(26-12-4-1-5-13-26,27-14-6-2-7-15-27)28-16-8-3-9-17-28;/h1-9,12-17,25,33H,10-11,18-24H2,(H,34,39)(H,35,37)(H,36,38);1H/t25-;/m0./s1. The molecule has 4 rings (SSSR count). The average Bonchev–Trinajstić information content (AvgIpc) is 2.99. The smallest absolute Gasteiger partial charge is 0.239 e. The number of benzene rings is 3. The first-order valence-electron chi connectivity index (χ1n) is 13.8. The molecule has 3 aromatic carbocycles. The maximum Gasteiger partial charge on any atom is 0.239 e. The van der Waals surface area contributed by atoms with E-state index in [0.717, 1.165) is 42.6 Å². The molecule has 1 aliphatic heterocycles. The number of hydrogen-bond donors (Lipinski definition) is 4. The normalized spacial score (nSPS) is 14.8. The molecular weight excluding hydrogens is 524 g/mol. The van der Waals surface area contributed by atoms with Gasteiger partial charge in [-0.25, -0.2) is 0 Å². The fourth-order valence-corrected chi connectivity index (χ4v) is 5.28. The molecule has 1 atom stereocenters. The van der Waals surface area contributed by atoms with Crippen molar-refractivity contribution in [2.24, 2.45) is 5.92 Å². The second-order valence-corrected chi connectivity index (χ2v) is 10.1. The van der Waals surface area contributed by atoms with Crippen LogP contribution in [0.3, 0.4) is 0 Å². The summed E-state index contributed by atoms with van der Waals surface area (Å²) in [7, 11) is 0. The molecule has 0 aromatic heterocycles. The van der Waals surface area contributed by atoms with Gasteiger partial charge < -0.3 is 21.3 Å². The van der Waals surface area contributed by atoms with E-state index >= 15 is 0 Å². The Morgan fingerprint density at radius 2 is 1.27 bits per heavy atom. The number of nitrogens with one attached hydrogen (secondary N) is 4. The first-order valence-corrected chi connectivity index (χ1v) is 13.8. The number of piperidine rings is 1. The molecule has 0 radical (unpaired) electrons. The molecule has 1 saturated heterocycles. The molecule has 7 nitrogen and oxygen atoms in total. The Balaban J connectivity index is 0.00000441. The van der Waals surface area contributed by atoms with Crippen molar-refractivity contribution < 1.29 is 14.4 Å². The van der Waals surface area contributed by atoms with Crippen molar-refractivity contribution in [2.45, 2.75) is 31.1 Å². The van der Waals surface area contributed by atoms with Gasteiger partial charge in [0.05, 0.1) is 12.0 Å². The van der Waals surface area contributed by atoms with Crippen molar-refractivity contribution in [3.8, 4) is 0 Å². The number of carbonyl (C=O) groups excluding carboxylic acids is 3. The van der Waals surface area contributed by atoms with Crippen LogP contribution in [0.25, 0.3) is 0 Å². The summed E-state index contributed by atoms with van der Waals surface area (Å²) in [5.41, 5.74) is 2.27. The largest absolute Gasteiger partial charge is 0.356 e. The molecule has 0 aliphatic carbocycles. The summed E-state index contributed by atoms with van der Waals surface area (Å²) in [5.74, 6) is -0.177. The Hall–Kier alpha value is -3.68. The van der Waals surface area contributed by atoms with Crippen molar-refractivity contribution in [3.05, 3.63) is 108 Å². The van der Waals surface area contributed by atoms with Crippen molar-refractivity contribution >= 4 is 30.1 Å². The minimum atomic E-state index is -0.726. The lowest BCUT2D eigenvalue weighted by molar-refractivity contribution is -0.126. The van der Waals surface area contributed by atoms with Gasteiger partial charge in [0, 0.05) is 25.9 Å². The Kier molecular flexibility index (Phi) is 12.2. The SMILES string of the molecule is Cl.O=C(CCNC(=O)CNC(=O)CC(c1ccccc1)(c1ccccc1)c1ccccc1)NC[C@H]1CCCNC1. The average molecular weight is 563 g/mol. The predicted molar refractivity (Wildman–Crippen MR) is 160 cm³/mol. The quantitative estimate of drug-likeness (QED) is 0.254. The Bertz CT molecular complexity index is 1110. The molecule has 0 bridgehead atoms. The van der Waals surface area contributed by atoms with E-state index in [1.165, 1.54) is 0 Å². The molecule has 3 aromatic rings. The van der Waals surface area contributed by atoms with E-state index in [2.05, 4.69) is 21.3 Å². The van der Waals surface area contributed by atoms with E-state index in [0.29, 0.717) is 12.5 Å². The number of halogens is 1. The first-order chi connectivity index (χ1) is 19.1. The second kappa shape index (κ2) is 15.8. The minimum Gasteiger partial charge on any atom is -0.356 e. The zero-order chi connectivity index (χ0) is 27.3. The van der Waals surface area contributed by atoms with Crippen LogP contribution in [0.15, 0.2) is 91.0 Å². The maximum atomic E-state index is 13.3. The fourth-order valence-electron chi connectivity index (χ4n) is 5.28. The van der Waals surface area contributed by atoms with E-state index in [1.807, 2.05) is 91.0 Å². The lowest BCUT2D eigenvalue weighted by Crippen LogP contribution is -2.42. The number of rotatable bonds is 12. The van der Waals surface area contributed by atoms with Crippen LogP contribution in [0.5, 0.6) is 0 Å². The third-order valence-corrected chi connectivity index (χ3v) is 7.33. The van der Waals surface area contributed by atoms with Crippen LogP contribution in [0.2, 0.25) is 0 Å². The molecule has 4 N–H and O–H groups in total. The fraction of sp³-hybridized carbons (Fsp3) is 0.344. The topological polar surface area (TPSA) is 99.3 Å². The third kappa shape index (κ3) is 8.41. The maximum absolute atomic E-state index is 13.3. The highest BCUT2D eigenvalue weighted by Gasteiger charge is 2.38. The van der Waals surface area contributed by atoms with E-state index in [-0.39, 0.29) is 56.1 Å². The van der Waals surface area contributed by atoms with Gasteiger partial charge in [-0.1, -0.05) is 91.0 Å². The predicted octanol–water partition coefficient (Wildman–Crippen LogP) is 3.57. The summed E-state index contributed by atoms with van der Waals surface area (Å²) >= 11 is 0. The Morgan fingerprint density at radius 3 is 1.77 bits per heavy atom. The number of carbonyl (C=O) groups is 3. The van der Waals surface area contributed by atoms with Gasteiger partial charge in [-0.2, -0.15) is 0 Å². The van der Waals surface area contributed by atoms with Crippen molar-refractivity contribution in [3.63, 3.8) is 0 Å². The molecular formula is C32H39ClN4O3. The zero-order valence-electron chi connectivity index (χ0n) is 22.7. The number of hydrogen-bond acceptors (Lipinski definition) is 4. The van der Waals surface area contributed by atoms with Crippen LogP contribution in [-0.4, -0.2) is 50.4 Å². The summed E-state index contributed by atoms with van der Waals surface area (Å²) in [6, 6.07) is 30.0. The van der Waals surface area contributed by atoms with Crippen LogP contribution in [-0.2, 0) is 19.8 Å². The van der Waals surface area contributed by atoms with Crippen LogP contribution in [0, 0.1) is 5.92 Å². The van der Waals surface area contributed by atoms with Crippen molar-refractivity contribution in [1.29, 1.82) is 0 Å². The van der Waals surface area contributed by atoms with Gasteiger partial charge in [-0.15, -0.1) is 12.4 Å². The van der Waals surface area contributed by atoms with Gasteiger partial charge in [-0.3, -0.25) is 14.4 Å². The molecule has 1 aliphatic rings. The third-order valence-electron chi connectivity index (χ3n) is 7.33. The first kappa shape index (κ1) is 30.9. The Labute approximate surface area is 242 Å². The highest BCUT2D eigenvalue weighted by molar-refractivity contribution is 5.86. The molecule has 0 unspecified atom stereocenters. The highest BCUT2D eigenvalue weighted by Crippen LogP contribution is 2.42. The lowest BCUT2D eigenvalue weighted by atomic mass is 9.67. The van der Waals surface area contributed by atoms with Crippen molar-refractivity contribution in [1.82, 2.24) is 21.3 Å². The van der Waals surface area contributed by atoms with Crippen LogP contribution < -0.4 is 21.3 Å². The van der Waals surface area contributed by atoms with Gasteiger partial charge in [-0.05, 0) is 48.5 Å². The molecule has 1 fully saturated rings. The molecule has 8 heteroatoms. The zero-order valence-corrected chi connectivity index (χ0v) is 23.6. The van der Waals surface area contributed by atoms with Gasteiger partial charge in [0.25, 0.3) is 0 Å². The molecule has 0 spiro atoms. The number of amides is 3. The summed E-state index contributed by atoms with van der Waals surface area (Å²) in [5, 5.41) is 11.8. The summed E-state index contributed by atoms with van der Waals surface area (Å²) < 4.78 is 0. The van der Waals surface area contributed by atoms with Gasteiger partial charge in [0.2, 0.25) is 17.7 Å². The van der Waals surface area contributed by atoms with E-state index in [1.54, 1.807) is 0 Å². The van der Waals surface area contributed by atoms with Gasteiger partial charge in [0.15, 0.2) is 0 Å². The summed E-state index contributed by atoms with van der Waals surface area (Å²) in [6.07, 6.45) is 2.59. The molecule has 0 saturated carbocycles. The molecule has 1 heterocycles. The van der Waals surface area contributed by atoms with E-state index < -0.39 is 5.41 Å². The summed E-state index contributed by atoms with van der Waals surface area (Å²) in [6.45, 7) is 2.70.